The highest BCUT2D eigenvalue weighted by molar-refractivity contribution is 5.91. The van der Waals surface area contributed by atoms with E-state index in [0.29, 0.717) is 30.3 Å². The third-order valence-electron chi connectivity index (χ3n) is 4.53. The molecule has 7 heteroatoms. The molecule has 0 saturated heterocycles. The van der Waals surface area contributed by atoms with Crippen LogP contribution in [0, 0.1) is 0 Å². The van der Waals surface area contributed by atoms with Crippen molar-refractivity contribution < 1.29 is 19.1 Å². The molecule has 31 heavy (non-hydrogen) atoms. The number of rotatable bonds is 7. The first-order valence-corrected chi connectivity index (χ1v) is 10.3. The van der Waals surface area contributed by atoms with Gasteiger partial charge in [0, 0.05) is 12.0 Å². The lowest BCUT2D eigenvalue weighted by atomic mass is 10.0. The number of carbonyl (C=O) groups excluding carboxylic acids is 2. The van der Waals surface area contributed by atoms with Gasteiger partial charge >= 0.3 is 11.9 Å². The fourth-order valence-electron chi connectivity index (χ4n) is 3.17. The second-order valence-electron chi connectivity index (χ2n) is 8.23. The zero-order chi connectivity index (χ0) is 22.4. The monoisotopic (exact) mass is 421 g/mol. The zero-order valence-electron chi connectivity index (χ0n) is 18.3. The number of hydrogen-bond donors (Lipinski definition) is 0. The number of esters is 2. The Morgan fingerprint density at radius 1 is 1.00 bits per heavy atom. The Hall–Kier alpha value is -3.35. The number of aryl methyl sites for hydroxylation is 1. The highest BCUT2D eigenvalue weighted by Gasteiger charge is 2.17. The van der Waals surface area contributed by atoms with Crippen LogP contribution in [0.1, 0.15) is 56.2 Å². The lowest BCUT2D eigenvalue weighted by Gasteiger charge is -2.19. The average Bonchev–Trinajstić information content (AvgIpc) is 2.74. The van der Waals surface area contributed by atoms with Crippen LogP contribution in [0.5, 0.6) is 0 Å². The first-order chi connectivity index (χ1) is 14.8. The Morgan fingerprint density at radius 3 is 2.42 bits per heavy atom. The molecule has 7 nitrogen and oxygen atoms in total. The molecule has 0 amide bonds. The van der Waals surface area contributed by atoms with Crippen molar-refractivity contribution in [2.75, 3.05) is 7.11 Å². The van der Waals surface area contributed by atoms with Crippen LogP contribution in [0.4, 0.5) is 0 Å². The maximum absolute atomic E-state index is 12.0. The van der Waals surface area contributed by atoms with E-state index in [-0.39, 0.29) is 11.7 Å². The summed E-state index contributed by atoms with van der Waals surface area (Å²) in [6.45, 7) is 5.58. The van der Waals surface area contributed by atoms with Gasteiger partial charge in [-0.15, -0.1) is 0 Å². The van der Waals surface area contributed by atoms with E-state index in [1.54, 1.807) is 6.07 Å². The number of carbonyl (C=O) groups is 2. The van der Waals surface area contributed by atoms with Gasteiger partial charge < -0.3 is 9.47 Å². The first kappa shape index (κ1) is 22.3. The van der Waals surface area contributed by atoms with Crippen LogP contribution >= 0.6 is 0 Å². The molecule has 0 radical (unpaired) electrons. The van der Waals surface area contributed by atoms with Gasteiger partial charge in [-0.25, -0.2) is 19.7 Å². The van der Waals surface area contributed by atoms with Crippen molar-refractivity contribution in [3.8, 4) is 11.3 Å². The molecule has 0 fully saturated rings. The van der Waals surface area contributed by atoms with Crippen LogP contribution in [0.2, 0.25) is 0 Å². The third-order valence-corrected chi connectivity index (χ3v) is 4.53. The van der Waals surface area contributed by atoms with E-state index in [4.69, 9.17) is 19.4 Å². The second kappa shape index (κ2) is 9.64. The number of methoxy groups -OCH3 is 1. The second-order valence-corrected chi connectivity index (χ2v) is 8.23. The van der Waals surface area contributed by atoms with E-state index in [1.807, 2.05) is 51.1 Å². The minimum absolute atomic E-state index is 0.188. The van der Waals surface area contributed by atoms with Crippen LogP contribution in [0.15, 0.2) is 42.6 Å². The van der Waals surface area contributed by atoms with Crippen molar-refractivity contribution in [3.05, 3.63) is 54.0 Å². The molecule has 0 aliphatic carbocycles. The van der Waals surface area contributed by atoms with E-state index < -0.39 is 11.6 Å². The Labute approximate surface area is 181 Å². The molecule has 0 atom stereocenters. The lowest BCUT2D eigenvalue weighted by molar-refractivity contribution is -0.154. The summed E-state index contributed by atoms with van der Waals surface area (Å²) in [6.07, 6.45) is 3.98. The van der Waals surface area contributed by atoms with Crippen LogP contribution in [0.25, 0.3) is 22.3 Å². The number of ether oxygens (including phenoxy) is 2. The molecule has 0 spiro atoms. The summed E-state index contributed by atoms with van der Waals surface area (Å²) in [7, 11) is 1.31. The van der Waals surface area contributed by atoms with Crippen molar-refractivity contribution in [1.29, 1.82) is 0 Å². The fourth-order valence-corrected chi connectivity index (χ4v) is 3.17. The number of unbranched alkanes of at least 4 members (excludes halogenated alkanes) is 1. The number of hydrogen-bond acceptors (Lipinski definition) is 7. The minimum Gasteiger partial charge on any atom is -0.464 e. The highest BCUT2D eigenvalue weighted by atomic mass is 16.6. The van der Waals surface area contributed by atoms with Gasteiger partial charge in [0.25, 0.3) is 0 Å². The summed E-state index contributed by atoms with van der Waals surface area (Å²) in [4.78, 5) is 37.5. The lowest BCUT2D eigenvalue weighted by Crippen LogP contribution is -2.23. The Balaban J connectivity index is 1.84. The van der Waals surface area contributed by atoms with Crippen molar-refractivity contribution in [2.45, 2.75) is 52.1 Å². The topological polar surface area (TPSA) is 91.3 Å². The van der Waals surface area contributed by atoms with E-state index in [1.165, 1.54) is 13.3 Å². The molecule has 0 bridgehead atoms. The van der Waals surface area contributed by atoms with E-state index in [0.717, 1.165) is 23.4 Å². The van der Waals surface area contributed by atoms with Crippen LogP contribution in [0.3, 0.4) is 0 Å². The van der Waals surface area contributed by atoms with Gasteiger partial charge in [-0.1, -0.05) is 30.3 Å². The summed E-state index contributed by atoms with van der Waals surface area (Å²) >= 11 is 0. The predicted molar refractivity (Wildman–Crippen MR) is 118 cm³/mol. The Kier molecular flexibility index (Phi) is 6.95. The molecule has 2 aromatic heterocycles. The van der Waals surface area contributed by atoms with E-state index in [9.17, 15) is 9.59 Å². The van der Waals surface area contributed by atoms with Gasteiger partial charge in [0.1, 0.15) is 11.1 Å². The first-order valence-electron chi connectivity index (χ1n) is 10.3. The molecule has 0 saturated carbocycles. The summed E-state index contributed by atoms with van der Waals surface area (Å²) in [5.41, 5.74) is 3.43. The summed E-state index contributed by atoms with van der Waals surface area (Å²) in [6, 6.07) is 11.4. The maximum atomic E-state index is 12.0. The fraction of sp³-hybridized carbons (Fsp3) is 0.375. The molecule has 0 aliphatic rings. The number of benzene rings is 1. The van der Waals surface area contributed by atoms with Crippen molar-refractivity contribution in [2.24, 2.45) is 0 Å². The molecule has 0 unspecified atom stereocenters. The van der Waals surface area contributed by atoms with Gasteiger partial charge in [-0.05, 0) is 46.1 Å². The molecular formula is C24H27N3O4. The zero-order valence-corrected chi connectivity index (χ0v) is 18.3. The predicted octanol–water partition coefficient (Wildman–Crippen LogP) is 4.53. The molecule has 1 aromatic carbocycles. The number of pyridine rings is 1. The van der Waals surface area contributed by atoms with Gasteiger partial charge in [0.15, 0.2) is 5.69 Å². The SMILES string of the molecule is COC(=O)c1cc2nc(CCCCC(=O)OC(C)(C)C)c(-c3ccccc3)nc2cn1. The van der Waals surface area contributed by atoms with E-state index in [2.05, 4.69) is 4.98 Å². The van der Waals surface area contributed by atoms with Gasteiger partial charge in [-0.2, -0.15) is 0 Å². The Bertz CT molecular complexity index is 1080. The maximum Gasteiger partial charge on any atom is 0.356 e. The molecule has 162 valence electrons. The summed E-state index contributed by atoms with van der Waals surface area (Å²) < 4.78 is 10.1. The molecule has 0 N–H and O–H groups in total. The molecular weight excluding hydrogens is 394 g/mol. The number of fused-ring (bicyclic) bond motifs is 1. The van der Waals surface area contributed by atoms with Crippen LogP contribution < -0.4 is 0 Å². The van der Waals surface area contributed by atoms with Crippen LogP contribution in [-0.2, 0) is 20.7 Å². The van der Waals surface area contributed by atoms with Gasteiger partial charge in [0.05, 0.1) is 30.2 Å². The van der Waals surface area contributed by atoms with Gasteiger partial charge in [-0.3, -0.25) is 4.79 Å². The van der Waals surface area contributed by atoms with Crippen molar-refractivity contribution >= 4 is 23.0 Å². The molecule has 0 aliphatic heterocycles. The number of nitrogens with zero attached hydrogens (tertiary/aromatic N) is 3. The minimum atomic E-state index is -0.519. The highest BCUT2D eigenvalue weighted by Crippen LogP contribution is 2.25. The normalized spacial score (nSPS) is 11.4. The summed E-state index contributed by atoms with van der Waals surface area (Å²) in [5, 5.41) is 0. The standard InChI is InChI=1S/C24H27N3O4/c1-24(2,3)31-21(28)13-9-8-12-17-22(16-10-6-5-7-11-16)27-20-15-25-19(23(29)30-4)14-18(20)26-17/h5-7,10-11,14-15H,8-9,12-13H2,1-4H3. The quantitative estimate of drug-likeness (QED) is 0.409. The van der Waals surface area contributed by atoms with Crippen molar-refractivity contribution in [1.82, 2.24) is 15.0 Å². The third kappa shape index (κ3) is 6.07. The summed E-state index contributed by atoms with van der Waals surface area (Å²) in [5.74, 6) is -0.719. The van der Waals surface area contributed by atoms with Crippen molar-refractivity contribution in [3.63, 3.8) is 0 Å². The molecule has 3 rings (SSSR count). The average molecular weight is 421 g/mol. The van der Waals surface area contributed by atoms with Gasteiger partial charge in [0.2, 0.25) is 0 Å². The smallest absolute Gasteiger partial charge is 0.356 e. The molecule has 2 heterocycles. The Morgan fingerprint density at radius 2 is 1.74 bits per heavy atom. The molecule has 3 aromatic rings. The van der Waals surface area contributed by atoms with Crippen LogP contribution in [-0.4, -0.2) is 39.6 Å². The number of aromatic nitrogens is 3. The largest absolute Gasteiger partial charge is 0.464 e. The van der Waals surface area contributed by atoms with E-state index >= 15 is 0 Å².